The fourth-order valence-electron chi connectivity index (χ4n) is 3.10. The fourth-order valence-corrected chi connectivity index (χ4v) is 3.10. The standard InChI is InChI=1S/C23H23N3O2/c1-23(2,3)18-9-5-15(6-10-18)16-7-11-19(12-8-16)26-14-17(13-24)20(25)21(26)22(27)28-4/h5-12,14H,25H2,1-4H3. The number of rotatable bonds is 3. The molecule has 2 aromatic carbocycles. The molecule has 0 saturated carbocycles. The first-order valence-corrected chi connectivity index (χ1v) is 8.97. The monoisotopic (exact) mass is 373 g/mol. The van der Waals surface area contributed by atoms with Crippen molar-refractivity contribution in [2.75, 3.05) is 12.8 Å². The second-order valence-corrected chi connectivity index (χ2v) is 7.65. The van der Waals surface area contributed by atoms with Gasteiger partial charge in [-0.1, -0.05) is 57.2 Å². The maximum absolute atomic E-state index is 12.1. The zero-order valence-electron chi connectivity index (χ0n) is 16.5. The van der Waals surface area contributed by atoms with Gasteiger partial charge in [-0.25, -0.2) is 4.79 Å². The lowest BCUT2D eigenvalue weighted by molar-refractivity contribution is 0.0593. The number of nitrogens with zero attached hydrogens (tertiary/aromatic N) is 2. The van der Waals surface area contributed by atoms with Gasteiger partial charge < -0.3 is 15.0 Å². The number of aromatic nitrogens is 1. The minimum atomic E-state index is -0.583. The molecule has 142 valence electrons. The zero-order chi connectivity index (χ0) is 20.5. The number of ether oxygens (including phenoxy) is 1. The van der Waals surface area contributed by atoms with E-state index < -0.39 is 5.97 Å². The van der Waals surface area contributed by atoms with Crippen LogP contribution in [0.5, 0.6) is 0 Å². The maximum atomic E-state index is 12.1. The van der Waals surface area contributed by atoms with Crippen molar-refractivity contribution in [3.63, 3.8) is 0 Å². The molecular weight excluding hydrogens is 350 g/mol. The predicted molar refractivity (Wildman–Crippen MR) is 110 cm³/mol. The van der Waals surface area contributed by atoms with Gasteiger partial charge in [0.15, 0.2) is 5.69 Å². The van der Waals surface area contributed by atoms with Gasteiger partial charge in [-0.05, 0) is 34.2 Å². The molecule has 2 N–H and O–H groups in total. The minimum Gasteiger partial charge on any atom is -0.464 e. The molecule has 0 fully saturated rings. The Kier molecular flexibility index (Phi) is 4.98. The molecular formula is C23H23N3O2. The van der Waals surface area contributed by atoms with Gasteiger partial charge in [0.25, 0.3) is 0 Å². The van der Waals surface area contributed by atoms with E-state index in [1.54, 1.807) is 10.8 Å². The molecule has 0 amide bonds. The van der Waals surface area contributed by atoms with Crippen molar-refractivity contribution in [2.45, 2.75) is 26.2 Å². The summed E-state index contributed by atoms with van der Waals surface area (Å²) in [6.45, 7) is 6.57. The number of methoxy groups -OCH3 is 1. The molecule has 5 heteroatoms. The third-order valence-electron chi connectivity index (χ3n) is 4.77. The Bertz CT molecular complexity index is 1050. The lowest BCUT2D eigenvalue weighted by Crippen LogP contribution is -2.11. The van der Waals surface area contributed by atoms with Crippen LogP contribution in [0.3, 0.4) is 0 Å². The van der Waals surface area contributed by atoms with Crippen molar-refractivity contribution in [1.29, 1.82) is 5.26 Å². The number of esters is 1. The first kappa shape index (κ1) is 19.2. The second-order valence-electron chi connectivity index (χ2n) is 7.65. The molecule has 0 saturated heterocycles. The van der Waals surface area contributed by atoms with Crippen molar-refractivity contribution in [1.82, 2.24) is 4.57 Å². The van der Waals surface area contributed by atoms with Gasteiger partial charge in [0.05, 0.1) is 18.4 Å². The Morgan fingerprint density at radius 2 is 1.57 bits per heavy atom. The van der Waals surface area contributed by atoms with E-state index in [-0.39, 0.29) is 22.4 Å². The molecule has 28 heavy (non-hydrogen) atoms. The van der Waals surface area contributed by atoms with Crippen molar-refractivity contribution >= 4 is 11.7 Å². The molecule has 5 nitrogen and oxygen atoms in total. The smallest absolute Gasteiger partial charge is 0.357 e. The SMILES string of the molecule is COC(=O)c1c(N)c(C#N)cn1-c1ccc(-c2ccc(C(C)(C)C)cc2)cc1. The number of nitrogens with two attached hydrogens (primary N) is 1. The number of nitriles is 1. The van der Waals surface area contributed by atoms with Crippen molar-refractivity contribution in [3.05, 3.63) is 71.5 Å². The third-order valence-corrected chi connectivity index (χ3v) is 4.77. The first-order chi connectivity index (χ1) is 13.3. The van der Waals surface area contributed by atoms with Crippen molar-refractivity contribution in [2.24, 2.45) is 0 Å². The molecule has 0 aliphatic rings. The normalized spacial score (nSPS) is 11.1. The molecule has 3 aromatic rings. The Hall–Kier alpha value is -3.52. The van der Waals surface area contributed by atoms with Gasteiger partial charge in [0.1, 0.15) is 6.07 Å². The quantitative estimate of drug-likeness (QED) is 0.676. The summed E-state index contributed by atoms with van der Waals surface area (Å²) >= 11 is 0. The Balaban J connectivity index is 1.98. The highest BCUT2D eigenvalue weighted by Gasteiger charge is 2.21. The average molecular weight is 373 g/mol. The van der Waals surface area contributed by atoms with Crippen LogP contribution in [0.1, 0.15) is 42.4 Å². The molecule has 0 aliphatic carbocycles. The summed E-state index contributed by atoms with van der Waals surface area (Å²) in [7, 11) is 1.29. The lowest BCUT2D eigenvalue weighted by atomic mass is 9.86. The number of benzene rings is 2. The van der Waals surface area contributed by atoms with Crippen molar-refractivity contribution < 1.29 is 9.53 Å². The molecule has 0 spiro atoms. The van der Waals surface area contributed by atoms with Crippen molar-refractivity contribution in [3.8, 4) is 22.9 Å². The van der Waals surface area contributed by atoms with E-state index in [1.165, 1.54) is 12.7 Å². The van der Waals surface area contributed by atoms with Gasteiger partial charge in [0, 0.05) is 11.9 Å². The van der Waals surface area contributed by atoms with E-state index in [1.807, 2.05) is 30.3 Å². The first-order valence-electron chi connectivity index (χ1n) is 8.97. The van der Waals surface area contributed by atoms with Crippen LogP contribution in [0.4, 0.5) is 5.69 Å². The van der Waals surface area contributed by atoms with E-state index >= 15 is 0 Å². The van der Waals surface area contributed by atoms with E-state index in [0.717, 1.165) is 16.8 Å². The Morgan fingerprint density at radius 3 is 2.04 bits per heavy atom. The average Bonchev–Trinajstić information content (AvgIpc) is 3.03. The topological polar surface area (TPSA) is 81.0 Å². The largest absolute Gasteiger partial charge is 0.464 e. The summed E-state index contributed by atoms with van der Waals surface area (Å²) in [5.41, 5.74) is 10.8. The number of carbonyl (C=O) groups excluding carboxylic acids is 1. The van der Waals surface area contributed by atoms with Crippen LogP contribution in [0, 0.1) is 11.3 Å². The van der Waals surface area contributed by atoms with E-state index in [4.69, 9.17) is 10.5 Å². The third kappa shape index (κ3) is 3.49. The highest BCUT2D eigenvalue weighted by molar-refractivity contribution is 5.96. The minimum absolute atomic E-state index is 0.111. The van der Waals surface area contributed by atoms with Gasteiger partial charge in [-0.15, -0.1) is 0 Å². The van der Waals surface area contributed by atoms with Crippen LogP contribution in [-0.2, 0) is 10.2 Å². The highest BCUT2D eigenvalue weighted by Crippen LogP contribution is 2.28. The summed E-state index contributed by atoms with van der Waals surface area (Å²) in [6.07, 6.45) is 1.55. The Morgan fingerprint density at radius 1 is 1.04 bits per heavy atom. The van der Waals surface area contributed by atoms with Crippen LogP contribution in [0.2, 0.25) is 0 Å². The number of hydrogen-bond acceptors (Lipinski definition) is 4. The number of nitrogen functional groups attached to an aromatic ring is 1. The van der Waals surface area contributed by atoms with Gasteiger partial charge in [-0.2, -0.15) is 5.26 Å². The summed E-state index contributed by atoms with van der Waals surface area (Å²) in [6, 6.07) is 18.2. The van der Waals surface area contributed by atoms with Crippen LogP contribution < -0.4 is 5.73 Å². The summed E-state index contributed by atoms with van der Waals surface area (Å²) in [4.78, 5) is 12.1. The molecule has 0 radical (unpaired) electrons. The maximum Gasteiger partial charge on any atom is 0.357 e. The zero-order valence-corrected chi connectivity index (χ0v) is 16.5. The summed E-state index contributed by atoms with van der Waals surface area (Å²) in [5, 5.41) is 9.23. The Labute approximate surface area is 165 Å². The molecule has 0 aliphatic heterocycles. The predicted octanol–water partition coefficient (Wildman–Crippen LogP) is 4.68. The van der Waals surface area contributed by atoms with Gasteiger partial charge in [0.2, 0.25) is 0 Å². The van der Waals surface area contributed by atoms with Crippen LogP contribution in [0.15, 0.2) is 54.7 Å². The van der Waals surface area contributed by atoms with E-state index in [0.29, 0.717) is 0 Å². The number of anilines is 1. The van der Waals surface area contributed by atoms with E-state index in [9.17, 15) is 10.1 Å². The molecule has 1 heterocycles. The van der Waals surface area contributed by atoms with E-state index in [2.05, 4.69) is 45.0 Å². The highest BCUT2D eigenvalue weighted by atomic mass is 16.5. The molecule has 0 atom stereocenters. The van der Waals surface area contributed by atoms with Gasteiger partial charge >= 0.3 is 5.97 Å². The van der Waals surface area contributed by atoms with Gasteiger partial charge in [-0.3, -0.25) is 0 Å². The van der Waals surface area contributed by atoms with Crippen LogP contribution in [0.25, 0.3) is 16.8 Å². The second kappa shape index (κ2) is 7.24. The lowest BCUT2D eigenvalue weighted by Gasteiger charge is -2.19. The number of hydrogen-bond donors (Lipinski definition) is 1. The van der Waals surface area contributed by atoms with Crippen LogP contribution >= 0.6 is 0 Å². The molecule has 0 bridgehead atoms. The summed E-state index contributed by atoms with van der Waals surface area (Å²) in [5.74, 6) is -0.583. The molecule has 0 unspecified atom stereocenters. The fraction of sp³-hybridized carbons (Fsp3) is 0.217. The summed E-state index contributed by atoms with van der Waals surface area (Å²) < 4.78 is 6.41. The molecule has 3 rings (SSSR count). The number of carbonyl (C=O) groups is 1. The molecule has 1 aromatic heterocycles. The van der Waals surface area contributed by atoms with Crippen LogP contribution in [-0.4, -0.2) is 17.6 Å².